The van der Waals surface area contributed by atoms with Crippen LogP contribution in [0.5, 0.6) is 0 Å². The average Bonchev–Trinajstić information content (AvgIpc) is 2.29. The van der Waals surface area contributed by atoms with Crippen molar-refractivity contribution in [3.8, 4) is 0 Å². The lowest BCUT2D eigenvalue weighted by Crippen LogP contribution is -2.35. The zero-order valence-electron chi connectivity index (χ0n) is 9.75. The lowest BCUT2D eigenvalue weighted by Gasteiger charge is -2.36. The zero-order valence-corrected chi connectivity index (χ0v) is 10.5. The highest BCUT2D eigenvalue weighted by Crippen LogP contribution is 2.27. The number of piperidine rings is 1. The van der Waals surface area contributed by atoms with E-state index in [4.69, 9.17) is 11.6 Å². The molecule has 0 aliphatic carbocycles. The maximum absolute atomic E-state index is 6.00. The Balaban J connectivity index is 2.17. The van der Waals surface area contributed by atoms with E-state index in [1.165, 1.54) is 19.3 Å². The number of nitrogens with zero attached hydrogens (tertiary/aromatic N) is 1. The number of hydrogen-bond donors (Lipinski definition) is 0. The van der Waals surface area contributed by atoms with E-state index >= 15 is 0 Å². The first kappa shape index (κ1) is 11.5. The van der Waals surface area contributed by atoms with E-state index in [0.29, 0.717) is 6.04 Å². The van der Waals surface area contributed by atoms with Crippen LogP contribution in [-0.2, 0) is 0 Å². The maximum Gasteiger partial charge on any atom is 0.0412 e. The molecule has 0 radical (unpaired) electrons. The van der Waals surface area contributed by atoms with Crippen molar-refractivity contribution in [3.63, 3.8) is 0 Å². The molecule has 0 bridgehead atoms. The Morgan fingerprint density at radius 3 is 2.94 bits per heavy atom. The number of likely N-dealkylation sites (tertiary alicyclic amines) is 1. The van der Waals surface area contributed by atoms with E-state index in [0.717, 1.165) is 22.8 Å². The standard InChI is InChI=1S/C14H18ClN/c1-11-6-3-4-9-16(11)12(2)13-7-5-8-14(15)10-13/h5,7-8,10-11H,2-4,6,9H2,1H3. The number of halogens is 1. The molecule has 2 heteroatoms. The van der Waals surface area contributed by atoms with E-state index in [2.05, 4.69) is 24.5 Å². The van der Waals surface area contributed by atoms with E-state index in [1.54, 1.807) is 0 Å². The van der Waals surface area contributed by atoms with E-state index in [9.17, 15) is 0 Å². The van der Waals surface area contributed by atoms with Crippen LogP contribution in [0.2, 0.25) is 5.02 Å². The molecule has 2 rings (SSSR count). The molecule has 1 aromatic carbocycles. The molecule has 1 aliphatic heterocycles. The minimum Gasteiger partial charge on any atom is -0.369 e. The van der Waals surface area contributed by atoms with Crippen molar-refractivity contribution in [2.75, 3.05) is 6.54 Å². The quantitative estimate of drug-likeness (QED) is 0.743. The van der Waals surface area contributed by atoms with Gasteiger partial charge in [0.2, 0.25) is 0 Å². The molecule has 0 amide bonds. The molecular weight excluding hydrogens is 218 g/mol. The Bertz CT molecular complexity index is 386. The fourth-order valence-electron chi connectivity index (χ4n) is 2.33. The smallest absolute Gasteiger partial charge is 0.0412 e. The topological polar surface area (TPSA) is 3.24 Å². The molecule has 1 nitrogen and oxygen atoms in total. The molecule has 86 valence electrons. The Hall–Kier alpha value is -0.950. The van der Waals surface area contributed by atoms with Gasteiger partial charge in [0, 0.05) is 23.3 Å². The predicted octanol–water partition coefficient (Wildman–Crippen LogP) is 4.19. The maximum atomic E-state index is 6.00. The zero-order chi connectivity index (χ0) is 11.5. The summed E-state index contributed by atoms with van der Waals surface area (Å²) in [5, 5.41) is 0.781. The largest absolute Gasteiger partial charge is 0.369 e. The normalized spacial score (nSPS) is 20.9. The van der Waals surface area contributed by atoms with Crippen molar-refractivity contribution < 1.29 is 0 Å². The van der Waals surface area contributed by atoms with Gasteiger partial charge in [0.1, 0.15) is 0 Å². The first-order chi connectivity index (χ1) is 7.68. The van der Waals surface area contributed by atoms with Crippen LogP contribution in [0.1, 0.15) is 31.7 Å². The second kappa shape index (κ2) is 4.92. The highest BCUT2D eigenvalue weighted by atomic mass is 35.5. The number of rotatable bonds is 2. The summed E-state index contributed by atoms with van der Waals surface area (Å²) in [6.07, 6.45) is 3.87. The van der Waals surface area contributed by atoms with Crippen LogP contribution in [0.15, 0.2) is 30.8 Å². The van der Waals surface area contributed by atoms with Gasteiger partial charge in [-0.2, -0.15) is 0 Å². The predicted molar refractivity (Wildman–Crippen MR) is 70.5 cm³/mol. The van der Waals surface area contributed by atoms with E-state index < -0.39 is 0 Å². The molecule has 0 saturated carbocycles. The van der Waals surface area contributed by atoms with Gasteiger partial charge in [-0.25, -0.2) is 0 Å². The SMILES string of the molecule is C=C(c1cccc(Cl)c1)N1CCCCC1C. The summed E-state index contributed by atoms with van der Waals surface area (Å²) in [4.78, 5) is 2.40. The van der Waals surface area contributed by atoms with Crippen molar-refractivity contribution in [2.45, 2.75) is 32.2 Å². The van der Waals surface area contributed by atoms with Gasteiger partial charge in [-0.3, -0.25) is 0 Å². The Morgan fingerprint density at radius 2 is 2.25 bits per heavy atom. The van der Waals surface area contributed by atoms with Gasteiger partial charge in [-0.1, -0.05) is 30.3 Å². The molecule has 0 N–H and O–H groups in total. The highest BCUT2D eigenvalue weighted by molar-refractivity contribution is 6.30. The third kappa shape index (κ3) is 2.41. The second-order valence-corrected chi connectivity index (χ2v) is 4.93. The monoisotopic (exact) mass is 235 g/mol. The van der Waals surface area contributed by atoms with Crippen LogP contribution < -0.4 is 0 Å². The summed E-state index contributed by atoms with van der Waals surface area (Å²) < 4.78 is 0. The summed E-state index contributed by atoms with van der Waals surface area (Å²) in [7, 11) is 0. The lowest BCUT2D eigenvalue weighted by molar-refractivity contribution is 0.244. The van der Waals surface area contributed by atoms with Crippen LogP contribution in [0, 0.1) is 0 Å². The minimum atomic E-state index is 0.597. The van der Waals surface area contributed by atoms with Crippen LogP contribution in [0.25, 0.3) is 5.70 Å². The van der Waals surface area contributed by atoms with Crippen LogP contribution in [0.3, 0.4) is 0 Å². The third-order valence-corrected chi connectivity index (χ3v) is 3.54. The Labute approximate surface area is 103 Å². The molecule has 0 spiro atoms. The van der Waals surface area contributed by atoms with Crippen molar-refractivity contribution in [1.82, 2.24) is 4.90 Å². The van der Waals surface area contributed by atoms with Gasteiger partial charge < -0.3 is 4.90 Å². The van der Waals surface area contributed by atoms with E-state index in [1.807, 2.05) is 18.2 Å². The molecule has 1 aromatic rings. The van der Waals surface area contributed by atoms with Gasteiger partial charge in [-0.15, -0.1) is 0 Å². The van der Waals surface area contributed by atoms with Crippen LogP contribution in [0.4, 0.5) is 0 Å². The Morgan fingerprint density at radius 1 is 1.44 bits per heavy atom. The molecule has 0 aromatic heterocycles. The van der Waals surface area contributed by atoms with Gasteiger partial charge in [0.25, 0.3) is 0 Å². The van der Waals surface area contributed by atoms with Crippen LogP contribution >= 0.6 is 11.6 Å². The molecule has 1 heterocycles. The summed E-state index contributed by atoms with van der Waals surface area (Å²) in [6.45, 7) is 7.60. The van der Waals surface area contributed by atoms with Crippen molar-refractivity contribution in [2.24, 2.45) is 0 Å². The molecule has 1 unspecified atom stereocenters. The number of benzene rings is 1. The van der Waals surface area contributed by atoms with Crippen molar-refractivity contribution >= 4 is 17.3 Å². The molecule has 1 saturated heterocycles. The fraction of sp³-hybridized carbons (Fsp3) is 0.429. The van der Waals surface area contributed by atoms with Gasteiger partial charge in [0.05, 0.1) is 0 Å². The van der Waals surface area contributed by atoms with Crippen LogP contribution in [-0.4, -0.2) is 17.5 Å². The molecular formula is C14H18ClN. The average molecular weight is 236 g/mol. The van der Waals surface area contributed by atoms with Crippen molar-refractivity contribution in [3.05, 3.63) is 41.4 Å². The fourth-order valence-corrected chi connectivity index (χ4v) is 2.52. The summed E-state index contributed by atoms with van der Waals surface area (Å²) in [5.74, 6) is 0. The van der Waals surface area contributed by atoms with Gasteiger partial charge in [-0.05, 0) is 43.9 Å². The summed E-state index contributed by atoms with van der Waals surface area (Å²) in [5.41, 5.74) is 2.25. The second-order valence-electron chi connectivity index (χ2n) is 4.50. The lowest BCUT2D eigenvalue weighted by atomic mass is 10.0. The number of hydrogen-bond acceptors (Lipinski definition) is 1. The molecule has 16 heavy (non-hydrogen) atoms. The van der Waals surface area contributed by atoms with E-state index in [-0.39, 0.29) is 0 Å². The first-order valence-corrected chi connectivity index (χ1v) is 6.28. The summed E-state index contributed by atoms with van der Waals surface area (Å²) >= 11 is 6.00. The van der Waals surface area contributed by atoms with Gasteiger partial charge in [0.15, 0.2) is 0 Å². The molecule has 1 fully saturated rings. The first-order valence-electron chi connectivity index (χ1n) is 5.90. The highest BCUT2D eigenvalue weighted by Gasteiger charge is 2.19. The van der Waals surface area contributed by atoms with Gasteiger partial charge >= 0.3 is 0 Å². The third-order valence-electron chi connectivity index (χ3n) is 3.31. The molecule has 1 atom stereocenters. The minimum absolute atomic E-state index is 0.597. The summed E-state index contributed by atoms with van der Waals surface area (Å²) in [6, 6.07) is 8.55. The van der Waals surface area contributed by atoms with Crippen molar-refractivity contribution in [1.29, 1.82) is 0 Å². The molecule has 1 aliphatic rings. The Kier molecular flexibility index (Phi) is 3.55.